The number of piperidine rings is 1. The quantitative estimate of drug-likeness (QED) is 0.362. The number of amidine groups is 1. The number of hydrogen-bond donors (Lipinski definition) is 3. The zero-order valence-corrected chi connectivity index (χ0v) is 17.6. The highest BCUT2D eigenvalue weighted by molar-refractivity contribution is 5.96. The van der Waals surface area contributed by atoms with E-state index in [1.807, 2.05) is 6.92 Å². The second-order valence-corrected chi connectivity index (χ2v) is 7.79. The van der Waals surface area contributed by atoms with Crippen molar-refractivity contribution in [1.29, 1.82) is 0 Å². The standard InChI is InChI=1S/C22H32FN5O/c1-13(2)20-14(3)19(12-26-22(20)28-9-7-6-8-10-28)27-16(5)17(21(25)29)11-18(23)15(4)24/h11-12,14,20,27H,1,5-10,24H2,2-4H3,(H2,25,29)/b17-11+,18-15-. The maximum atomic E-state index is 13.9. The molecule has 0 spiro atoms. The molecule has 1 saturated heterocycles. The van der Waals surface area contributed by atoms with Crippen LogP contribution >= 0.6 is 0 Å². The Morgan fingerprint density at radius 3 is 2.41 bits per heavy atom. The number of aliphatic imine (C=N–C) groups is 1. The minimum absolute atomic E-state index is 0.0319. The molecule has 2 rings (SSSR count). The average molecular weight is 402 g/mol. The zero-order valence-electron chi connectivity index (χ0n) is 17.6. The monoisotopic (exact) mass is 401 g/mol. The first-order valence-electron chi connectivity index (χ1n) is 9.91. The van der Waals surface area contributed by atoms with Crippen LogP contribution in [0, 0.1) is 11.8 Å². The van der Waals surface area contributed by atoms with Gasteiger partial charge in [-0.2, -0.15) is 0 Å². The molecule has 0 aromatic rings. The lowest BCUT2D eigenvalue weighted by Crippen LogP contribution is -2.44. The number of halogens is 1. The van der Waals surface area contributed by atoms with E-state index >= 15 is 0 Å². The van der Waals surface area contributed by atoms with Crippen LogP contribution in [-0.2, 0) is 4.79 Å². The van der Waals surface area contributed by atoms with Crippen LogP contribution in [0.2, 0.25) is 0 Å². The average Bonchev–Trinajstić information content (AvgIpc) is 2.67. The second-order valence-electron chi connectivity index (χ2n) is 7.79. The highest BCUT2D eigenvalue weighted by Crippen LogP contribution is 2.33. The van der Waals surface area contributed by atoms with Crippen LogP contribution in [0.5, 0.6) is 0 Å². The summed E-state index contributed by atoms with van der Waals surface area (Å²) in [5.74, 6) is -0.421. The first kappa shape index (κ1) is 22.5. The molecule has 0 bridgehead atoms. The Morgan fingerprint density at radius 2 is 1.90 bits per heavy atom. The topological polar surface area (TPSA) is 96.7 Å². The Morgan fingerprint density at radius 1 is 1.28 bits per heavy atom. The maximum absolute atomic E-state index is 13.9. The lowest BCUT2D eigenvalue weighted by Gasteiger charge is -2.39. The van der Waals surface area contributed by atoms with Crippen molar-refractivity contribution in [3.8, 4) is 0 Å². The van der Waals surface area contributed by atoms with Crippen LogP contribution in [0.1, 0.15) is 40.0 Å². The highest BCUT2D eigenvalue weighted by Gasteiger charge is 2.33. The third-order valence-corrected chi connectivity index (χ3v) is 5.35. The molecule has 0 saturated carbocycles. The molecule has 2 unspecified atom stereocenters. The predicted octanol–water partition coefficient (Wildman–Crippen LogP) is 3.23. The van der Waals surface area contributed by atoms with Gasteiger partial charge >= 0.3 is 0 Å². The Labute approximate surface area is 172 Å². The van der Waals surface area contributed by atoms with Gasteiger partial charge in [-0.05, 0) is 39.2 Å². The fraction of sp³-hybridized carbons (Fsp3) is 0.455. The van der Waals surface area contributed by atoms with E-state index in [-0.39, 0.29) is 28.8 Å². The Kier molecular flexibility index (Phi) is 7.42. The van der Waals surface area contributed by atoms with Crippen molar-refractivity contribution in [1.82, 2.24) is 10.2 Å². The van der Waals surface area contributed by atoms with Gasteiger partial charge in [-0.25, -0.2) is 9.38 Å². The van der Waals surface area contributed by atoms with Crippen molar-refractivity contribution < 1.29 is 9.18 Å². The Hall–Kier alpha value is -2.83. The fourth-order valence-corrected chi connectivity index (χ4v) is 3.72. The summed E-state index contributed by atoms with van der Waals surface area (Å²) in [6.07, 6.45) is 6.32. The van der Waals surface area contributed by atoms with Crippen molar-refractivity contribution in [3.05, 3.63) is 59.5 Å². The second kappa shape index (κ2) is 9.58. The summed E-state index contributed by atoms with van der Waals surface area (Å²) in [5, 5.41) is 3.10. The van der Waals surface area contributed by atoms with Gasteiger partial charge in [0.15, 0.2) is 0 Å². The van der Waals surface area contributed by atoms with E-state index in [4.69, 9.17) is 16.5 Å². The molecule has 1 fully saturated rings. The van der Waals surface area contributed by atoms with Crippen molar-refractivity contribution in [2.75, 3.05) is 13.1 Å². The molecule has 0 aliphatic carbocycles. The molecule has 6 nitrogen and oxygen atoms in total. The minimum atomic E-state index is -0.795. The predicted molar refractivity (Wildman–Crippen MR) is 116 cm³/mol. The molecule has 0 radical (unpaired) electrons. The van der Waals surface area contributed by atoms with Gasteiger partial charge < -0.3 is 21.7 Å². The van der Waals surface area contributed by atoms with Gasteiger partial charge in [-0.15, -0.1) is 0 Å². The number of carbonyl (C=O) groups is 1. The van der Waals surface area contributed by atoms with Crippen molar-refractivity contribution in [2.45, 2.75) is 40.0 Å². The smallest absolute Gasteiger partial charge is 0.250 e. The number of nitrogens with zero attached hydrogens (tertiary/aromatic N) is 2. The molecule has 158 valence electrons. The van der Waals surface area contributed by atoms with Crippen molar-refractivity contribution >= 4 is 11.7 Å². The van der Waals surface area contributed by atoms with Gasteiger partial charge in [0.25, 0.3) is 5.91 Å². The molecule has 2 aliphatic heterocycles. The van der Waals surface area contributed by atoms with Gasteiger partial charge in [0, 0.05) is 48.2 Å². The van der Waals surface area contributed by atoms with E-state index in [2.05, 4.69) is 30.3 Å². The van der Waals surface area contributed by atoms with E-state index in [9.17, 15) is 9.18 Å². The first-order chi connectivity index (χ1) is 13.6. The lowest BCUT2D eigenvalue weighted by molar-refractivity contribution is -0.114. The number of rotatable bonds is 6. The normalized spacial score (nSPS) is 23.6. The zero-order chi connectivity index (χ0) is 21.7. The van der Waals surface area contributed by atoms with Crippen LogP contribution in [-0.4, -0.2) is 29.7 Å². The number of nitrogens with one attached hydrogen (secondary N) is 1. The summed E-state index contributed by atoms with van der Waals surface area (Å²) in [7, 11) is 0. The van der Waals surface area contributed by atoms with E-state index in [0.717, 1.165) is 49.1 Å². The largest absolute Gasteiger partial charge is 0.400 e. The van der Waals surface area contributed by atoms with Crippen LogP contribution in [0.3, 0.4) is 0 Å². The van der Waals surface area contributed by atoms with Gasteiger partial charge in [0.1, 0.15) is 11.7 Å². The van der Waals surface area contributed by atoms with Gasteiger partial charge in [0.2, 0.25) is 0 Å². The maximum Gasteiger partial charge on any atom is 0.250 e. The number of amides is 1. The molecule has 29 heavy (non-hydrogen) atoms. The van der Waals surface area contributed by atoms with Crippen LogP contribution in [0.25, 0.3) is 0 Å². The summed E-state index contributed by atoms with van der Waals surface area (Å²) in [6, 6.07) is 0. The van der Waals surface area contributed by atoms with Crippen LogP contribution in [0.15, 0.2) is 64.5 Å². The SMILES string of the molecule is C=C(NC1=CN=C(N2CCCCC2)C(C(=C)C)C1C)/C(=C\C(F)=C(/C)N)C(N)=O. The van der Waals surface area contributed by atoms with Crippen LogP contribution in [0.4, 0.5) is 4.39 Å². The van der Waals surface area contributed by atoms with Crippen molar-refractivity contribution in [3.63, 3.8) is 0 Å². The first-order valence-corrected chi connectivity index (χ1v) is 9.91. The van der Waals surface area contributed by atoms with E-state index in [1.54, 1.807) is 6.20 Å². The number of carbonyl (C=O) groups excluding carboxylic acids is 1. The van der Waals surface area contributed by atoms with E-state index in [0.29, 0.717) is 0 Å². The number of hydrogen-bond acceptors (Lipinski definition) is 5. The fourth-order valence-electron chi connectivity index (χ4n) is 3.72. The molecule has 1 amide bonds. The number of allylic oxidation sites excluding steroid dienone is 4. The molecule has 2 atom stereocenters. The molecule has 7 heteroatoms. The minimum Gasteiger partial charge on any atom is -0.400 e. The molecule has 2 aliphatic rings. The highest BCUT2D eigenvalue weighted by atomic mass is 19.1. The summed E-state index contributed by atoms with van der Waals surface area (Å²) in [5.41, 5.74) is 12.7. The molecular formula is C22H32FN5O. The molecule has 0 aromatic heterocycles. The number of likely N-dealkylation sites (tertiary alicyclic amines) is 1. The van der Waals surface area contributed by atoms with Gasteiger partial charge in [0.05, 0.1) is 5.57 Å². The van der Waals surface area contributed by atoms with Crippen LogP contribution < -0.4 is 16.8 Å². The molecule has 5 N–H and O–H groups in total. The molecular weight excluding hydrogens is 369 g/mol. The molecule has 2 heterocycles. The van der Waals surface area contributed by atoms with E-state index < -0.39 is 11.7 Å². The summed E-state index contributed by atoms with van der Waals surface area (Å²) < 4.78 is 13.9. The summed E-state index contributed by atoms with van der Waals surface area (Å²) >= 11 is 0. The van der Waals surface area contributed by atoms with Gasteiger partial charge in [-0.3, -0.25) is 4.79 Å². The Bertz CT molecular complexity index is 811. The van der Waals surface area contributed by atoms with Crippen molar-refractivity contribution in [2.24, 2.45) is 28.3 Å². The Balaban J connectivity index is 2.31. The lowest BCUT2D eigenvalue weighted by atomic mass is 9.82. The number of primary amides is 1. The summed E-state index contributed by atoms with van der Waals surface area (Å²) in [4.78, 5) is 18.9. The van der Waals surface area contributed by atoms with E-state index in [1.165, 1.54) is 13.3 Å². The summed E-state index contributed by atoms with van der Waals surface area (Å²) in [6.45, 7) is 15.5. The molecule has 0 aromatic carbocycles. The third kappa shape index (κ3) is 5.37. The number of nitrogens with two attached hydrogens (primary N) is 2. The third-order valence-electron chi connectivity index (χ3n) is 5.35. The van der Waals surface area contributed by atoms with Gasteiger partial charge in [-0.1, -0.05) is 25.7 Å².